The van der Waals surface area contributed by atoms with E-state index in [4.69, 9.17) is 4.74 Å². The first kappa shape index (κ1) is 18.1. The number of hydrogen-bond donors (Lipinski definition) is 1. The number of para-hydroxylation sites is 1. The van der Waals surface area contributed by atoms with Crippen molar-refractivity contribution in [3.05, 3.63) is 65.9 Å². The Balaban J connectivity index is 2.08. The lowest BCUT2D eigenvalue weighted by molar-refractivity contribution is -0.170. The number of pyridine rings is 1. The predicted molar refractivity (Wildman–Crippen MR) is 88.4 cm³/mol. The number of aromatic nitrogens is 1. The molecule has 0 unspecified atom stereocenters. The smallest absolute Gasteiger partial charge is 0.307 e. The lowest BCUT2D eigenvalue weighted by Gasteiger charge is -2.30. The molecule has 0 spiro atoms. The van der Waals surface area contributed by atoms with Crippen LogP contribution in [0.3, 0.4) is 0 Å². The number of ether oxygens (including phenoxy) is 1. The van der Waals surface area contributed by atoms with Crippen LogP contribution in [0, 0.1) is 11.6 Å². The highest BCUT2D eigenvalue weighted by Crippen LogP contribution is 2.45. The monoisotopic (exact) mass is 365 g/mol. The maximum absolute atomic E-state index is 14.6. The van der Waals surface area contributed by atoms with Gasteiger partial charge in [0.2, 0.25) is 0 Å². The summed E-state index contributed by atoms with van der Waals surface area (Å²) in [6, 6.07) is 8.93. The highest BCUT2D eigenvalue weighted by molar-refractivity contribution is 5.80. The van der Waals surface area contributed by atoms with Crippen LogP contribution in [0.2, 0.25) is 0 Å². The van der Waals surface area contributed by atoms with Crippen molar-refractivity contribution in [1.29, 1.82) is 0 Å². The van der Waals surface area contributed by atoms with Crippen LogP contribution in [-0.4, -0.2) is 15.7 Å². The molecule has 26 heavy (non-hydrogen) atoms. The second kappa shape index (κ2) is 6.25. The molecule has 0 bridgehead atoms. The molecular weight excluding hydrogens is 350 g/mol. The van der Waals surface area contributed by atoms with Gasteiger partial charge in [-0.1, -0.05) is 18.2 Å². The van der Waals surface area contributed by atoms with Crippen molar-refractivity contribution in [1.82, 2.24) is 4.98 Å². The van der Waals surface area contributed by atoms with Crippen molar-refractivity contribution < 1.29 is 27.4 Å². The molecule has 2 aromatic carbocycles. The first-order valence-electron chi connectivity index (χ1n) is 7.72. The molecule has 0 fully saturated rings. The summed E-state index contributed by atoms with van der Waals surface area (Å²) in [5, 5.41) is 10.2. The Morgan fingerprint density at radius 1 is 1.00 bits per heavy atom. The van der Waals surface area contributed by atoms with E-state index in [9.17, 15) is 22.7 Å². The Bertz CT molecular complexity index is 967. The van der Waals surface area contributed by atoms with Crippen molar-refractivity contribution in [3.8, 4) is 11.5 Å². The summed E-state index contributed by atoms with van der Waals surface area (Å²) in [4.78, 5) is 3.91. The number of aliphatic hydroxyl groups is 1. The summed E-state index contributed by atoms with van der Waals surface area (Å²) in [5.41, 5.74) is -3.48. The summed E-state index contributed by atoms with van der Waals surface area (Å²) in [6.07, 6.45) is 1.16. The van der Waals surface area contributed by atoms with Gasteiger partial charge in [-0.25, -0.2) is 13.8 Å². The molecule has 3 rings (SSSR count). The van der Waals surface area contributed by atoms with Crippen molar-refractivity contribution in [3.63, 3.8) is 0 Å². The number of rotatable bonds is 4. The van der Waals surface area contributed by atoms with Gasteiger partial charge in [0.05, 0.1) is 6.20 Å². The summed E-state index contributed by atoms with van der Waals surface area (Å²) in [7, 11) is 0. The minimum atomic E-state index is -3.91. The maximum Gasteiger partial charge on any atom is 0.307 e. The fraction of sp³-hybridized carbons (Fsp3) is 0.211. The van der Waals surface area contributed by atoms with E-state index in [1.165, 1.54) is 24.3 Å². The molecule has 0 atom stereocenters. The third kappa shape index (κ3) is 3.10. The quantitative estimate of drug-likeness (QED) is 0.649. The number of nitrogens with zero attached hydrogens (tertiary/aromatic N) is 1. The van der Waals surface area contributed by atoms with Gasteiger partial charge >= 0.3 is 5.92 Å². The van der Waals surface area contributed by atoms with Crippen molar-refractivity contribution in [2.75, 3.05) is 0 Å². The fourth-order valence-corrected chi connectivity index (χ4v) is 2.49. The van der Waals surface area contributed by atoms with Crippen LogP contribution >= 0.6 is 0 Å². The van der Waals surface area contributed by atoms with E-state index >= 15 is 0 Å². The highest BCUT2D eigenvalue weighted by Gasteiger charge is 2.50. The molecule has 0 saturated heterocycles. The largest absolute Gasteiger partial charge is 0.455 e. The highest BCUT2D eigenvalue weighted by atomic mass is 19.3. The molecule has 0 saturated carbocycles. The zero-order chi connectivity index (χ0) is 19.1. The molecule has 3 aromatic rings. The molecule has 7 heteroatoms. The van der Waals surface area contributed by atoms with Crippen LogP contribution < -0.4 is 4.74 Å². The number of fused-ring (bicyclic) bond motifs is 1. The molecule has 136 valence electrons. The van der Waals surface area contributed by atoms with Gasteiger partial charge in [0.15, 0.2) is 0 Å². The van der Waals surface area contributed by atoms with E-state index in [1.54, 1.807) is 6.07 Å². The first-order valence-corrected chi connectivity index (χ1v) is 7.72. The van der Waals surface area contributed by atoms with Crippen LogP contribution in [0.25, 0.3) is 10.9 Å². The van der Waals surface area contributed by atoms with Gasteiger partial charge in [-0.2, -0.15) is 8.78 Å². The summed E-state index contributed by atoms with van der Waals surface area (Å²) in [6.45, 7) is 1.76. The van der Waals surface area contributed by atoms with Crippen LogP contribution in [0.15, 0.2) is 48.7 Å². The minimum absolute atomic E-state index is 0.0292. The third-order valence-electron chi connectivity index (χ3n) is 3.92. The van der Waals surface area contributed by atoms with Crippen molar-refractivity contribution >= 4 is 10.9 Å². The van der Waals surface area contributed by atoms with Gasteiger partial charge in [0.25, 0.3) is 0 Å². The normalized spacial score (nSPS) is 12.4. The van der Waals surface area contributed by atoms with Gasteiger partial charge < -0.3 is 9.84 Å². The lowest BCUT2D eigenvalue weighted by Crippen LogP contribution is -2.41. The number of halogens is 4. The Morgan fingerprint density at radius 2 is 1.65 bits per heavy atom. The first-order chi connectivity index (χ1) is 12.1. The fourth-order valence-electron chi connectivity index (χ4n) is 2.49. The molecule has 1 heterocycles. The topological polar surface area (TPSA) is 42.4 Å². The molecule has 0 aliphatic heterocycles. The van der Waals surface area contributed by atoms with E-state index in [0.717, 1.165) is 32.2 Å². The van der Waals surface area contributed by atoms with E-state index < -0.39 is 34.5 Å². The Morgan fingerprint density at radius 3 is 2.35 bits per heavy atom. The van der Waals surface area contributed by atoms with Gasteiger partial charge in [-0.15, -0.1) is 0 Å². The molecule has 0 amide bonds. The number of benzene rings is 2. The van der Waals surface area contributed by atoms with Crippen molar-refractivity contribution in [2.45, 2.75) is 25.4 Å². The van der Waals surface area contributed by atoms with Gasteiger partial charge in [0, 0.05) is 5.39 Å². The number of alkyl halides is 2. The molecule has 3 nitrogen and oxygen atoms in total. The Labute approximate surface area is 146 Å². The SMILES string of the molecule is CC(C)(O)C(F)(F)c1c(F)cccc1Oc1cnc2c(F)cccc2c1. The summed E-state index contributed by atoms with van der Waals surface area (Å²) < 4.78 is 62.3. The van der Waals surface area contributed by atoms with Gasteiger partial charge in [-0.3, -0.25) is 0 Å². The van der Waals surface area contributed by atoms with Crippen LogP contribution in [-0.2, 0) is 5.92 Å². The maximum atomic E-state index is 14.6. The minimum Gasteiger partial charge on any atom is -0.455 e. The zero-order valence-electron chi connectivity index (χ0n) is 13.9. The Kier molecular flexibility index (Phi) is 4.36. The average Bonchev–Trinajstić information content (AvgIpc) is 2.53. The average molecular weight is 365 g/mol. The van der Waals surface area contributed by atoms with E-state index in [-0.39, 0.29) is 11.3 Å². The molecule has 1 aromatic heterocycles. The second-order valence-corrected chi connectivity index (χ2v) is 6.33. The second-order valence-electron chi connectivity index (χ2n) is 6.33. The molecule has 0 radical (unpaired) electrons. The van der Waals surface area contributed by atoms with Crippen molar-refractivity contribution in [2.24, 2.45) is 0 Å². The number of hydrogen-bond acceptors (Lipinski definition) is 3. The third-order valence-corrected chi connectivity index (χ3v) is 3.92. The van der Waals surface area contributed by atoms with E-state index in [0.29, 0.717) is 5.39 Å². The molecule has 1 N–H and O–H groups in total. The summed E-state index contributed by atoms with van der Waals surface area (Å²) in [5.74, 6) is -6.09. The lowest BCUT2D eigenvalue weighted by atomic mass is 9.92. The molecule has 0 aliphatic carbocycles. The van der Waals surface area contributed by atoms with E-state index in [1.807, 2.05) is 0 Å². The van der Waals surface area contributed by atoms with Gasteiger partial charge in [0.1, 0.15) is 39.8 Å². The Hall–Kier alpha value is -2.67. The van der Waals surface area contributed by atoms with Crippen LogP contribution in [0.4, 0.5) is 17.6 Å². The van der Waals surface area contributed by atoms with Crippen LogP contribution in [0.1, 0.15) is 19.4 Å². The van der Waals surface area contributed by atoms with Gasteiger partial charge in [-0.05, 0) is 38.1 Å². The molecule has 0 aliphatic rings. The summed E-state index contributed by atoms with van der Waals surface area (Å²) >= 11 is 0. The standard InChI is InChI=1S/C19H15F4NO2/c1-18(2,25)19(22,23)16-13(20)6-4-8-15(16)26-12-9-11-5-3-7-14(21)17(11)24-10-12/h3-10,25H,1-2H3. The zero-order valence-corrected chi connectivity index (χ0v) is 13.9. The molecular formula is C19H15F4NO2. The predicted octanol–water partition coefficient (Wildman–Crippen LogP) is 5.17. The van der Waals surface area contributed by atoms with Crippen LogP contribution in [0.5, 0.6) is 11.5 Å². The van der Waals surface area contributed by atoms with E-state index in [2.05, 4.69) is 4.98 Å².